The Hall–Kier alpha value is -2.58. The number of nitrogens with zero attached hydrogens (tertiary/aromatic N) is 3. The normalized spacial score (nSPS) is 15.1. The lowest BCUT2D eigenvalue weighted by atomic mass is 10.1. The lowest BCUT2D eigenvalue weighted by Gasteiger charge is -2.20. The molecule has 0 atom stereocenters. The van der Waals surface area contributed by atoms with E-state index < -0.39 is 0 Å². The van der Waals surface area contributed by atoms with Gasteiger partial charge in [-0.15, -0.1) is 0 Å². The molecular formula is C18H15N3OS. The Balaban J connectivity index is 2.02. The summed E-state index contributed by atoms with van der Waals surface area (Å²) in [6.07, 6.45) is 0. The monoisotopic (exact) mass is 321 g/mol. The van der Waals surface area contributed by atoms with Gasteiger partial charge in [-0.1, -0.05) is 18.2 Å². The van der Waals surface area contributed by atoms with E-state index in [9.17, 15) is 4.79 Å². The van der Waals surface area contributed by atoms with E-state index in [1.807, 2.05) is 67.8 Å². The zero-order chi connectivity index (χ0) is 16.4. The minimum atomic E-state index is -0.0725. The number of thiocyanates is 1. The highest BCUT2D eigenvalue weighted by molar-refractivity contribution is 8.03. The highest BCUT2D eigenvalue weighted by Crippen LogP contribution is 2.32. The summed E-state index contributed by atoms with van der Waals surface area (Å²) in [6.45, 7) is 3.98. The van der Waals surface area contributed by atoms with Crippen LogP contribution in [-0.4, -0.2) is 17.7 Å². The highest BCUT2D eigenvalue weighted by atomic mass is 32.2. The van der Waals surface area contributed by atoms with Crippen LogP contribution in [0.4, 0.5) is 11.4 Å². The van der Waals surface area contributed by atoms with Crippen molar-refractivity contribution in [3.05, 3.63) is 54.1 Å². The van der Waals surface area contributed by atoms with Gasteiger partial charge in [-0.05, 0) is 55.9 Å². The van der Waals surface area contributed by atoms with Gasteiger partial charge in [0, 0.05) is 16.5 Å². The van der Waals surface area contributed by atoms with Gasteiger partial charge in [0.25, 0.3) is 5.91 Å². The molecule has 3 rings (SSSR count). The number of nitriles is 1. The molecule has 0 radical (unpaired) electrons. The van der Waals surface area contributed by atoms with Gasteiger partial charge in [0.2, 0.25) is 0 Å². The Morgan fingerprint density at radius 3 is 2.48 bits per heavy atom. The van der Waals surface area contributed by atoms with Crippen LogP contribution < -0.4 is 4.90 Å². The first-order valence-electron chi connectivity index (χ1n) is 7.29. The molecule has 1 aliphatic rings. The van der Waals surface area contributed by atoms with Crippen molar-refractivity contribution >= 4 is 34.8 Å². The number of rotatable bonds is 3. The van der Waals surface area contributed by atoms with E-state index in [1.54, 1.807) is 4.90 Å². The first kappa shape index (κ1) is 15.3. The van der Waals surface area contributed by atoms with E-state index >= 15 is 0 Å². The van der Waals surface area contributed by atoms with Gasteiger partial charge >= 0.3 is 0 Å². The Morgan fingerprint density at radius 1 is 1.13 bits per heavy atom. The van der Waals surface area contributed by atoms with Crippen molar-refractivity contribution in [2.45, 2.75) is 24.8 Å². The second-order valence-corrected chi connectivity index (χ2v) is 6.29. The zero-order valence-electron chi connectivity index (χ0n) is 12.9. The van der Waals surface area contributed by atoms with Gasteiger partial charge < -0.3 is 4.90 Å². The number of anilines is 1. The Kier molecular flexibility index (Phi) is 4.18. The van der Waals surface area contributed by atoms with Crippen molar-refractivity contribution < 1.29 is 4.79 Å². The summed E-state index contributed by atoms with van der Waals surface area (Å²) in [4.78, 5) is 19.9. The van der Waals surface area contributed by atoms with Gasteiger partial charge in [-0.25, -0.2) is 4.99 Å². The van der Waals surface area contributed by atoms with E-state index in [0.717, 1.165) is 27.9 Å². The fourth-order valence-corrected chi connectivity index (χ4v) is 2.99. The standard InChI is InChI=1S/C18H15N3OS/c1-12(2)21-16-6-4-3-5-15(16)17(18(21)22)20-13-7-9-14(10-8-13)23-11-19/h3-10,12H,1-2H3. The van der Waals surface area contributed by atoms with Gasteiger partial charge in [0.15, 0.2) is 0 Å². The lowest BCUT2D eigenvalue weighted by Crippen LogP contribution is -2.35. The van der Waals surface area contributed by atoms with Crippen molar-refractivity contribution in [3.8, 4) is 5.40 Å². The summed E-state index contributed by atoms with van der Waals surface area (Å²) in [5.74, 6) is -0.0725. The molecule has 0 spiro atoms. The fourth-order valence-electron chi connectivity index (χ4n) is 2.61. The average molecular weight is 321 g/mol. The molecule has 2 aromatic rings. The van der Waals surface area contributed by atoms with Crippen LogP contribution in [0.5, 0.6) is 0 Å². The topological polar surface area (TPSA) is 56.5 Å². The third-order valence-corrected chi connectivity index (χ3v) is 4.20. The van der Waals surface area contributed by atoms with E-state index in [4.69, 9.17) is 5.26 Å². The van der Waals surface area contributed by atoms with Crippen LogP contribution in [0.15, 0.2) is 58.4 Å². The van der Waals surface area contributed by atoms with Crippen LogP contribution >= 0.6 is 11.8 Å². The van der Waals surface area contributed by atoms with Crippen LogP contribution in [-0.2, 0) is 4.79 Å². The fraction of sp³-hybridized carbons (Fsp3) is 0.167. The molecule has 0 fully saturated rings. The molecule has 114 valence electrons. The smallest absolute Gasteiger partial charge is 0.277 e. The average Bonchev–Trinajstić information content (AvgIpc) is 2.82. The molecule has 0 aromatic heterocycles. The first-order valence-corrected chi connectivity index (χ1v) is 8.11. The molecule has 0 saturated heterocycles. The second-order valence-electron chi connectivity index (χ2n) is 5.43. The molecule has 0 unspecified atom stereocenters. The van der Waals surface area contributed by atoms with Crippen molar-refractivity contribution in [2.24, 2.45) is 4.99 Å². The predicted octanol–water partition coefficient (Wildman–Crippen LogP) is 4.14. The number of hydrogen-bond donors (Lipinski definition) is 0. The Labute approximate surface area is 139 Å². The number of amides is 1. The summed E-state index contributed by atoms with van der Waals surface area (Å²) in [5.41, 5.74) is 2.94. The molecule has 4 nitrogen and oxygen atoms in total. The Bertz CT molecular complexity index is 819. The van der Waals surface area contributed by atoms with Gasteiger partial charge in [0.05, 0.1) is 11.4 Å². The predicted molar refractivity (Wildman–Crippen MR) is 93.2 cm³/mol. The molecule has 1 amide bonds. The SMILES string of the molecule is CC(C)N1C(=O)C(=Nc2ccc(SC#N)cc2)c2ccccc21. The summed E-state index contributed by atoms with van der Waals surface area (Å²) in [7, 11) is 0. The van der Waals surface area contributed by atoms with E-state index in [2.05, 4.69) is 4.99 Å². The van der Waals surface area contributed by atoms with E-state index in [1.165, 1.54) is 0 Å². The third-order valence-electron chi connectivity index (χ3n) is 3.60. The third kappa shape index (κ3) is 2.86. The lowest BCUT2D eigenvalue weighted by molar-refractivity contribution is -0.112. The van der Waals surface area contributed by atoms with Crippen molar-refractivity contribution in [1.29, 1.82) is 5.26 Å². The maximum Gasteiger partial charge on any atom is 0.277 e. The van der Waals surface area contributed by atoms with Gasteiger partial charge in [0.1, 0.15) is 11.1 Å². The molecule has 1 aliphatic heterocycles. The summed E-state index contributed by atoms with van der Waals surface area (Å²) in [6, 6.07) is 15.1. The summed E-state index contributed by atoms with van der Waals surface area (Å²) < 4.78 is 0. The molecule has 2 aromatic carbocycles. The van der Waals surface area contributed by atoms with Gasteiger partial charge in [-0.3, -0.25) is 4.79 Å². The van der Waals surface area contributed by atoms with Gasteiger partial charge in [-0.2, -0.15) is 5.26 Å². The van der Waals surface area contributed by atoms with E-state index in [-0.39, 0.29) is 11.9 Å². The van der Waals surface area contributed by atoms with Crippen LogP contribution in [0, 0.1) is 10.7 Å². The maximum absolute atomic E-state index is 12.7. The number of para-hydroxylation sites is 1. The number of benzene rings is 2. The molecular weight excluding hydrogens is 306 g/mol. The van der Waals surface area contributed by atoms with Crippen LogP contribution in [0.3, 0.4) is 0 Å². The quantitative estimate of drug-likeness (QED) is 0.631. The molecule has 0 bridgehead atoms. The molecule has 0 saturated carbocycles. The number of fused-ring (bicyclic) bond motifs is 1. The first-order chi connectivity index (χ1) is 11.1. The van der Waals surface area contributed by atoms with Crippen molar-refractivity contribution in [3.63, 3.8) is 0 Å². The minimum Gasteiger partial charge on any atom is -0.304 e. The number of aliphatic imine (C=N–C) groups is 1. The van der Waals surface area contributed by atoms with E-state index in [0.29, 0.717) is 11.4 Å². The minimum absolute atomic E-state index is 0.0725. The highest BCUT2D eigenvalue weighted by Gasteiger charge is 2.35. The molecule has 0 N–H and O–H groups in total. The second kappa shape index (κ2) is 6.27. The molecule has 1 heterocycles. The van der Waals surface area contributed by atoms with Crippen LogP contribution in [0.1, 0.15) is 19.4 Å². The number of carbonyl (C=O) groups excluding carboxylic acids is 1. The van der Waals surface area contributed by atoms with Crippen LogP contribution in [0.25, 0.3) is 0 Å². The maximum atomic E-state index is 12.7. The molecule has 5 heteroatoms. The van der Waals surface area contributed by atoms with Crippen molar-refractivity contribution in [1.82, 2.24) is 0 Å². The zero-order valence-corrected chi connectivity index (χ0v) is 13.7. The molecule has 0 aliphatic carbocycles. The largest absolute Gasteiger partial charge is 0.304 e. The Morgan fingerprint density at radius 2 is 1.83 bits per heavy atom. The number of thioether (sulfide) groups is 1. The number of hydrogen-bond acceptors (Lipinski definition) is 4. The van der Waals surface area contributed by atoms with Crippen molar-refractivity contribution in [2.75, 3.05) is 4.90 Å². The number of carbonyl (C=O) groups is 1. The van der Waals surface area contributed by atoms with Crippen LogP contribution in [0.2, 0.25) is 0 Å². The summed E-state index contributed by atoms with van der Waals surface area (Å²) in [5, 5.41) is 10.7. The molecule has 23 heavy (non-hydrogen) atoms. The summed E-state index contributed by atoms with van der Waals surface area (Å²) >= 11 is 1.10.